The second kappa shape index (κ2) is 3.83. The van der Waals surface area contributed by atoms with Crippen molar-refractivity contribution >= 4 is 5.97 Å². The molecule has 1 spiro atoms. The molecule has 2 aliphatic carbocycles. The molecule has 0 unspecified atom stereocenters. The topological polar surface area (TPSA) is 46.5 Å². The molecule has 0 aromatic rings. The molecule has 3 nitrogen and oxygen atoms in total. The summed E-state index contributed by atoms with van der Waals surface area (Å²) in [7, 11) is 0. The second-order valence-electron chi connectivity index (χ2n) is 6.42. The van der Waals surface area contributed by atoms with Gasteiger partial charge in [-0.15, -0.1) is 0 Å². The van der Waals surface area contributed by atoms with E-state index in [1.807, 2.05) is 13.8 Å². The lowest BCUT2D eigenvalue weighted by Crippen LogP contribution is -2.59. The monoisotopic (exact) mass is 250 g/mol. The van der Waals surface area contributed by atoms with Gasteiger partial charge in [0.05, 0.1) is 5.92 Å². The van der Waals surface area contributed by atoms with Crippen molar-refractivity contribution in [1.82, 2.24) is 0 Å². The maximum Gasteiger partial charge on any atom is 0.309 e. The Morgan fingerprint density at radius 2 is 2.06 bits per heavy atom. The lowest BCUT2D eigenvalue weighted by molar-refractivity contribution is -0.183. The molecule has 0 bridgehead atoms. The average Bonchev–Trinajstić information content (AvgIpc) is 2.59. The Kier molecular flexibility index (Phi) is 2.60. The Labute approximate surface area is 108 Å². The predicted molar refractivity (Wildman–Crippen MR) is 67.7 cm³/mol. The Morgan fingerprint density at radius 3 is 2.78 bits per heavy atom. The molecule has 0 amide bonds. The van der Waals surface area contributed by atoms with E-state index in [1.165, 1.54) is 0 Å². The fourth-order valence-electron chi connectivity index (χ4n) is 4.47. The number of ether oxygens (including phenoxy) is 1. The summed E-state index contributed by atoms with van der Waals surface area (Å²) in [5, 5.41) is 10.6. The number of aliphatic hydroxyl groups is 1. The van der Waals surface area contributed by atoms with Crippen LogP contribution in [0.5, 0.6) is 0 Å². The number of hydrogen-bond donors (Lipinski definition) is 1. The second-order valence-corrected chi connectivity index (χ2v) is 6.42. The molecule has 1 N–H and O–H groups in total. The van der Waals surface area contributed by atoms with Crippen LogP contribution in [0.25, 0.3) is 0 Å². The zero-order chi connectivity index (χ0) is 13.1. The van der Waals surface area contributed by atoms with Crippen LogP contribution < -0.4 is 0 Å². The van der Waals surface area contributed by atoms with Gasteiger partial charge in [-0.3, -0.25) is 4.79 Å². The molecule has 1 heterocycles. The molecule has 0 aromatic carbocycles. The number of aliphatic hydroxyl groups excluding tert-OH is 1. The molecule has 3 rings (SSSR count). The van der Waals surface area contributed by atoms with Crippen molar-refractivity contribution in [2.45, 2.75) is 51.7 Å². The Balaban J connectivity index is 2.10. The van der Waals surface area contributed by atoms with Crippen LogP contribution in [0.3, 0.4) is 0 Å². The molecule has 6 atom stereocenters. The lowest BCUT2D eigenvalue weighted by atomic mass is 9.56. The van der Waals surface area contributed by atoms with Crippen molar-refractivity contribution in [2.75, 3.05) is 0 Å². The van der Waals surface area contributed by atoms with Crippen molar-refractivity contribution in [3.63, 3.8) is 0 Å². The smallest absolute Gasteiger partial charge is 0.309 e. The molecule has 1 aliphatic heterocycles. The third kappa shape index (κ3) is 1.31. The summed E-state index contributed by atoms with van der Waals surface area (Å²) in [4.78, 5) is 12.0. The molecular formula is C15H22O3. The molecular weight excluding hydrogens is 228 g/mol. The molecule has 2 fully saturated rings. The quantitative estimate of drug-likeness (QED) is 0.530. The van der Waals surface area contributed by atoms with Crippen molar-refractivity contribution in [3.05, 3.63) is 11.6 Å². The minimum atomic E-state index is -0.632. The molecule has 1 saturated heterocycles. The van der Waals surface area contributed by atoms with E-state index in [0.717, 1.165) is 24.8 Å². The van der Waals surface area contributed by atoms with E-state index in [2.05, 4.69) is 13.0 Å². The standard InChI is InChI=1S/C15H22O3/c1-8-4-7-12-10(3)14(17)18-15(12)11(8)6-5-9(2)13(15)16/h5,8,10-13,16H,4,6-7H2,1-3H3/t8-,10-,11+,12+,13-,15+/m1/s1. The van der Waals surface area contributed by atoms with Crippen LogP contribution >= 0.6 is 0 Å². The maximum absolute atomic E-state index is 12.0. The summed E-state index contributed by atoms with van der Waals surface area (Å²) in [6.07, 6.45) is 4.57. The van der Waals surface area contributed by atoms with Gasteiger partial charge in [0, 0.05) is 11.8 Å². The van der Waals surface area contributed by atoms with Crippen LogP contribution in [0.4, 0.5) is 0 Å². The zero-order valence-corrected chi connectivity index (χ0v) is 11.3. The summed E-state index contributed by atoms with van der Waals surface area (Å²) in [5.74, 6) is 0.792. The Morgan fingerprint density at radius 1 is 1.33 bits per heavy atom. The third-order valence-electron chi connectivity index (χ3n) is 5.58. The van der Waals surface area contributed by atoms with Gasteiger partial charge in [0.15, 0.2) is 0 Å². The number of carbonyl (C=O) groups excluding carboxylic acids is 1. The first-order valence-corrected chi connectivity index (χ1v) is 7.06. The van der Waals surface area contributed by atoms with Crippen LogP contribution in [0, 0.1) is 23.7 Å². The molecule has 0 radical (unpaired) electrons. The van der Waals surface area contributed by atoms with E-state index in [4.69, 9.17) is 4.74 Å². The molecule has 3 heteroatoms. The molecule has 3 aliphatic rings. The van der Waals surface area contributed by atoms with Crippen molar-refractivity contribution in [1.29, 1.82) is 0 Å². The highest BCUT2D eigenvalue weighted by Gasteiger charge is 2.65. The van der Waals surface area contributed by atoms with E-state index in [-0.39, 0.29) is 23.7 Å². The first-order valence-electron chi connectivity index (χ1n) is 7.06. The zero-order valence-electron chi connectivity index (χ0n) is 11.3. The number of carbonyl (C=O) groups is 1. The van der Waals surface area contributed by atoms with E-state index < -0.39 is 11.7 Å². The highest BCUT2D eigenvalue weighted by Crippen LogP contribution is 2.57. The molecule has 18 heavy (non-hydrogen) atoms. The van der Waals surface area contributed by atoms with Crippen LogP contribution in [0.15, 0.2) is 11.6 Å². The SMILES string of the molecule is CC1=CC[C@H]2[C@H](C)CC[C@H]3[C@@H](C)C(=O)O[C@@]23[C@@H]1O. The number of allylic oxidation sites excluding steroid dienone is 1. The van der Waals surface area contributed by atoms with Crippen molar-refractivity contribution in [3.8, 4) is 0 Å². The normalized spacial score (nSPS) is 51.2. The van der Waals surface area contributed by atoms with Crippen LogP contribution in [0.2, 0.25) is 0 Å². The van der Waals surface area contributed by atoms with E-state index in [1.54, 1.807) is 0 Å². The van der Waals surface area contributed by atoms with Gasteiger partial charge in [0.1, 0.15) is 11.7 Å². The van der Waals surface area contributed by atoms with Crippen LogP contribution in [-0.2, 0) is 9.53 Å². The van der Waals surface area contributed by atoms with E-state index in [0.29, 0.717) is 5.92 Å². The first kappa shape index (κ1) is 12.2. The fourth-order valence-corrected chi connectivity index (χ4v) is 4.47. The molecule has 0 aromatic heterocycles. The number of esters is 1. The minimum Gasteiger partial charge on any atom is -0.455 e. The van der Waals surface area contributed by atoms with Gasteiger partial charge in [-0.05, 0) is 37.7 Å². The average molecular weight is 250 g/mol. The molecule has 1 saturated carbocycles. The maximum atomic E-state index is 12.0. The van der Waals surface area contributed by atoms with E-state index in [9.17, 15) is 9.90 Å². The van der Waals surface area contributed by atoms with Crippen LogP contribution in [0.1, 0.15) is 40.0 Å². The largest absolute Gasteiger partial charge is 0.455 e. The summed E-state index contributed by atoms with van der Waals surface area (Å²) >= 11 is 0. The molecule has 100 valence electrons. The van der Waals surface area contributed by atoms with Gasteiger partial charge in [-0.25, -0.2) is 0 Å². The lowest BCUT2D eigenvalue weighted by Gasteiger charge is -2.52. The summed E-state index contributed by atoms with van der Waals surface area (Å²) in [6.45, 7) is 6.12. The minimum absolute atomic E-state index is 0.0689. The van der Waals surface area contributed by atoms with Gasteiger partial charge in [-0.1, -0.05) is 19.9 Å². The van der Waals surface area contributed by atoms with Crippen LogP contribution in [-0.4, -0.2) is 22.8 Å². The van der Waals surface area contributed by atoms with Crippen molar-refractivity contribution < 1.29 is 14.6 Å². The highest BCUT2D eigenvalue weighted by molar-refractivity contribution is 5.76. The van der Waals surface area contributed by atoms with E-state index >= 15 is 0 Å². The van der Waals surface area contributed by atoms with Gasteiger partial charge < -0.3 is 9.84 Å². The predicted octanol–water partition coefficient (Wildman–Crippen LogP) is 2.29. The van der Waals surface area contributed by atoms with Gasteiger partial charge in [0.25, 0.3) is 0 Å². The van der Waals surface area contributed by atoms with Gasteiger partial charge in [-0.2, -0.15) is 0 Å². The third-order valence-corrected chi connectivity index (χ3v) is 5.58. The number of hydrogen-bond acceptors (Lipinski definition) is 3. The summed E-state index contributed by atoms with van der Waals surface area (Å²) < 4.78 is 5.79. The number of rotatable bonds is 0. The Bertz CT molecular complexity index is 414. The van der Waals surface area contributed by atoms with Gasteiger partial charge >= 0.3 is 5.97 Å². The van der Waals surface area contributed by atoms with Gasteiger partial charge in [0.2, 0.25) is 0 Å². The summed E-state index contributed by atoms with van der Waals surface area (Å²) in [6, 6.07) is 0. The summed E-state index contributed by atoms with van der Waals surface area (Å²) in [5.41, 5.74) is 0.333. The Hall–Kier alpha value is -0.830. The first-order chi connectivity index (χ1) is 8.48. The van der Waals surface area contributed by atoms with Crippen molar-refractivity contribution in [2.24, 2.45) is 23.7 Å². The fraction of sp³-hybridized carbons (Fsp3) is 0.800. The highest BCUT2D eigenvalue weighted by atomic mass is 16.6.